The first-order valence-electron chi connectivity index (χ1n) is 2.64. The van der Waals surface area contributed by atoms with Crippen LogP contribution in [0.5, 0.6) is 0 Å². The van der Waals surface area contributed by atoms with Gasteiger partial charge in [-0.15, -0.1) is 11.3 Å². The Balaban J connectivity index is 2.65. The lowest BCUT2D eigenvalue weighted by Crippen LogP contribution is -2.10. The minimum Gasteiger partial charge on any atom is -0.248 e. The van der Waals surface area contributed by atoms with E-state index in [1.807, 2.05) is 0 Å². The predicted octanol–water partition coefficient (Wildman–Crippen LogP) is 3.01. The summed E-state index contributed by atoms with van der Waals surface area (Å²) in [4.78, 5) is 3.55. The fraction of sp³-hybridized carbons (Fsp3) is 0.400. The molecule has 0 aromatic carbocycles. The topological polar surface area (TPSA) is 12.9 Å². The molecule has 0 aliphatic carbocycles. The van der Waals surface area contributed by atoms with Crippen molar-refractivity contribution in [1.29, 1.82) is 0 Å². The van der Waals surface area contributed by atoms with Crippen LogP contribution in [0.4, 0.5) is 13.2 Å². The number of hydrogen-bond donors (Lipinski definition) is 0. The lowest BCUT2D eigenvalue weighted by Gasteiger charge is -2.00. The van der Waals surface area contributed by atoms with Crippen LogP contribution < -0.4 is 0 Å². The maximum atomic E-state index is 11.7. The van der Waals surface area contributed by atoms with Crippen LogP contribution in [0.1, 0.15) is 5.01 Å². The Bertz CT molecular complexity index is 244. The van der Waals surface area contributed by atoms with Crippen LogP contribution in [0.25, 0.3) is 0 Å². The molecule has 0 fully saturated rings. The molecular weight excluding hydrogens is 243 g/mol. The Hall–Kier alpha value is -0.100. The number of thiazole rings is 1. The zero-order valence-electron chi connectivity index (χ0n) is 5.15. The van der Waals surface area contributed by atoms with Gasteiger partial charge in [0.05, 0.1) is 16.4 Å². The summed E-state index contributed by atoms with van der Waals surface area (Å²) in [5.41, 5.74) is 0. The molecular formula is C5H3BrF3NS. The van der Waals surface area contributed by atoms with E-state index in [-0.39, 0.29) is 5.01 Å². The number of halogens is 4. The lowest BCUT2D eigenvalue weighted by molar-refractivity contribution is -0.127. The highest BCUT2D eigenvalue weighted by molar-refractivity contribution is 9.11. The van der Waals surface area contributed by atoms with Crippen molar-refractivity contribution in [3.63, 3.8) is 0 Å². The van der Waals surface area contributed by atoms with E-state index in [0.717, 1.165) is 11.3 Å². The van der Waals surface area contributed by atoms with Crippen molar-refractivity contribution < 1.29 is 13.2 Å². The quantitative estimate of drug-likeness (QED) is 0.742. The second-order valence-corrected chi connectivity index (χ2v) is 4.34. The van der Waals surface area contributed by atoms with Crippen molar-refractivity contribution >= 4 is 27.3 Å². The molecule has 0 bridgehead atoms. The Morgan fingerprint density at radius 2 is 2.18 bits per heavy atom. The van der Waals surface area contributed by atoms with Crippen LogP contribution in [0, 0.1) is 0 Å². The highest BCUT2D eigenvalue weighted by Crippen LogP contribution is 2.26. The van der Waals surface area contributed by atoms with Gasteiger partial charge < -0.3 is 0 Å². The van der Waals surface area contributed by atoms with Gasteiger partial charge in [-0.3, -0.25) is 0 Å². The summed E-state index contributed by atoms with van der Waals surface area (Å²) in [5.74, 6) is 0. The number of alkyl halides is 3. The molecule has 1 nitrogen and oxygen atoms in total. The smallest absolute Gasteiger partial charge is 0.248 e. The molecule has 1 aromatic heterocycles. The van der Waals surface area contributed by atoms with Gasteiger partial charge in [0, 0.05) is 0 Å². The number of hydrogen-bond acceptors (Lipinski definition) is 2. The van der Waals surface area contributed by atoms with Crippen molar-refractivity contribution in [3.05, 3.63) is 15.0 Å². The van der Waals surface area contributed by atoms with E-state index in [0.29, 0.717) is 3.79 Å². The van der Waals surface area contributed by atoms with E-state index >= 15 is 0 Å². The Morgan fingerprint density at radius 1 is 1.55 bits per heavy atom. The molecule has 0 N–H and O–H groups in total. The normalized spacial score (nSPS) is 12.0. The number of aromatic nitrogens is 1. The van der Waals surface area contributed by atoms with Crippen LogP contribution in [-0.2, 0) is 6.42 Å². The first-order chi connectivity index (χ1) is 4.97. The fourth-order valence-corrected chi connectivity index (χ4v) is 1.88. The summed E-state index contributed by atoms with van der Waals surface area (Å²) < 4.78 is 35.7. The Labute approximate surface area is 73.4 Å². The maximum absolute atomic E-state index is 11.7. The van der Waals surface area contributed by atoms with Crippen molar-refractivity contribution in [2.45, 2.75) is 12.6 Å². The summed E-state index contributed by atoms with van der Waals surface area (Å²) in [5, 5.41) is 0.0874. The molecule has 11 heavy (non-hydrogen) atoms. The van der Waals surface area contributed by atoms with E-state index in [1.54, 1.807) is 0 Å². The molecule has 6 heteroatoms. The second kappa shape index (κ2) is 3.10. The lowest BCUT2D eigenvalue weighted by atomic mass is 10.4. The number of rotatable bonds is 1. The zero-order chi connectivity index (χ0) is 8.48. The van der Waals surface area contributed by atoms with Crippen LogP contribution >= 0.6 is 27.3 Å². The van der Waals surface area contributed by atoms with Gasteiger partial charge in [0.25, 0.3) is 0 Å². The molecule has 1 rings (SSSR count). The fourth-order valence-electron chi connectivity index (χ4n) is 0.541. The summed E-state index contributed by atoms with van der Waals surface area (Å²) in [6.45, 7) is 0. The molecule has 0 radical (unpaired) electrons. The first-order valence-corrected chi connectivity index (χ1v) is 4.25. The van der Waals surface area contributed by atoms with Crippen molar-refractivity contribution in [3.8, 4) is 0 Å². The van der Waals surface area contributed by atoms with E-state index < -0.39 is 12.6 Å². The summed E-state index contributed by atoms with van der Waals surface area (Å²) in [7, 11) is 0. The molecule has 0 unspecified atom stereocenters. The second-order valence-electron chi connectivity index (χ2n) is 1.85. The van der Waals surface area contributed by atoms with Crippen LogP contribution in [0.2, 0.25) is 0 Å². The summed E-state index contributed by atoms with van der Waals surface area (Å²) >= 11 is 4.03. The van der Waals surface area contributed by atoms with E-state index in [9.17, 15) is 13.2 Å². The summed E-state index contributed by atoms with van der Waals surface area (Å²) in [6, 6.07) is 0. The SMILES string of the molecule is FC(F)(F)Cc1ncc(Br)s1. The van der Waals surface area contributed by atoms with Gasteiger partial charge in [-0.25, -0.2) is 4.98 Å². The third-order valence-corrected chi connectivity index (χ3v) is 2.35. The molecule has 0 saturated carbocycles. The first kappa shape index (κ1) is 8.99. The average Bonchev–Trinajstić information content (AvgIpc) is 2.10. The van der Waals surface area contributed by atoms with Gasteiger partial charge in [0.1, 0.15) is 5.01 Å². The van der Waals surface area contributed by atoms with Gasteiger partial charge in [-0.2, -0.15) is 13.2 Å². The van der Waals surface area contributed by atoms with Gasteiger partial charge >= 0.3 is 6.18 Å². The molecule has 0 spiro atoms. The highest BCUT2D eigenvalue weighted by atomic mass is 79.9. The van der Waals surface area contributed by atoms with Crippen molar-refractivity contribution in [2.24, 2.45) is 0 Å². The molecule has 0 atom stereocenters. The van der Waals surface area contributed by atoms with E-state index in [1.165, 1.54) is 6.20 Å². The van der Waals surface area contributed by atoms with E-state index in [2.05, 4.69) is 20.9 Å². The minimum absolute atomic E-state index is 0.0874. The van der Waals surface area contributed by atoms with Gasteiger partial charge in [-0.1, -0.05) is 0 Å². The van der Waals surface area contributed by atoms with E-state index in [4.69, 9.17) is 0 Å². The maximum Gasteiger partial charge on any atom is 0.395 e. The Morgan fingerprint density at radius 3 is 2.55 bits per heavy atom. The molecule has 1 heterocycles. The molecule has 0 aliphatic rings. The van der Waals surface area contributed by atoms with Crippen LogP contribution in [0.15, 0.2) is 9.98 Å². The zero-order valence-corrected chi connectivity index (χ0v) is 7.55. The van der Waals surface area contributed by atoms with Gasteiger partial charge in [-0.05, 0) is 15.9 Å². The van der Waals surface area contributed by atoms with Gasteiger partial charge in [0.2, 0.25) is 0 Å². The highest BCUT2D eigenvalue weighted by Gasteiger charge is 2.29. The van der Waals surface area contributed by atoms with Crippen molar-refractivity contribution in [2.75, 3.05) is 0 Å². The monoisotopic (exact) mass is 245 g/mol. The molecule has 1 aromatic rings. The van der Waals surface area contributed by atoms with Crippen LogP contribution in [-0.4, -0.2) is 11.2 Å². The summed E-state index contributed by atoms with van der Waals surface area (Å²) in [6.07, 6.45) is -3.73. The van der Waals surface area contributed by atoms with Crippen LogP contribution in [0.3, 0.4) is 0 Å². The standard InChI is InChI=1S/C5H3BrF3NS/c6-3-2-10-4(11-3)1-5(7,8)9/h2H,1H2. The molecule has 0 amide bonds. The molecule has 0 aliphatic heterocycles. The number of nitrogens with zero attached hydrogens (tertiary/aromatic N) is 1. The third-order valence-electron chi connectivity index (χ3n) is 0.877. The predicted molar refractivity (Wildman–Crippen MR) is 39.6 cm³/mol. The van der Waals surface area contributed by atoms with Crippen molar-refractivity contribution in [1.82, 2.24) is 4.98 Å². The molecule has 0 saturated heterocycles. The minimum atomic E-state index is -4.16. The third kappa shape index (κ3) is 3.20. The largest absolute Gasteiger partial charge is 0.395 e. The van der Waals surface area contributed by atoms with Gasteiger partial charge in [0.15, 0.2) is 0 Å². The molecule has 62 valence electrons. The average molecular weight is 246 g/mol. The Kier molecular flexibility index (Phi) is 2.54.